The van der Waals surface area contributed by atoms with Gasteiger partial charge in [0, 0.05) is 25.7 Å². The number of esters is 4. The normalized spacial score (nSPS) is 13.8. The van der Waals surface area contributed by atoms with Crippen LogP contribution in [-0.4, -0.2) is 96.7 Å². The van der Waals surface area contributed by atoms with Gasteiger partial charge in [0.25, 0.3) is 0 Å². The highest BCUT2D eigenvalue weighted by Gasteiger charge is 2.30. The van der Waals surface area contributed by atoms with E-state index in [1.54, 1.807) is 0 Å². The first-order valence-electron chi connectivity index (χ1n) is 42.8. The maximum atomic E-state index is 13.1. The Bertz CT molecular complexity index is 1910. The van der Waals surface area contributed by atoms with E-state index in [4.69, 9.17) is 37.0 Å². The van der Waals surface area contributed by atoms with E-state index in [0.717, 1.165) is 89.9 Å². The van der Waals surface area contributed by atoms with E-state index in [1.807, 2.05) is 0 Å². The van der Waals surface area contributed by atoms with E-state index in [-0.39, 0.29) is 25.7 Å². The molecule has 2 unspecified atom stereocenters. The number of hydrogen-bond acceptors (Lipinski definition) is 15. The van der Waals surface area contributed by atoms with Gasteiger partial charge in [-0.15, -0.1) is 0 Å². The van der Waals surface area contributed by atoms with Crippen LogP contribution in [0.2, 0.25) is 0 Å². The Labute approximate surface area is 619 Å². The van der Waals surface area contributed by atoms with Crippen LogP contribution in [0.15, 0.2) is 0 Å². The van der Waals surface area contributed by atoms with Crippen molar-refractivity contribution in [3.05, 3.63) is 0 Å². The van der Waals surface area contributed by atoms with Crippen molar-refractivity contribution in [3.8, 4) is 0 Å². The van der Waals surface area contributed by atoms with Crippen molar-refractivity contribution < 1.29 is 80.2 Å². The zero-order valence-corrected chi connectivity index (χ0v) is 67.7. The molecule has 0 aliphatic rings. The summed E-state index contributed by atoms with van der Waals surface area (Å²) < 4.78 is 68.7. The molecule has 0 aromatic rings. The fourth-order valence-electron chi connectivity index (χ4n) is 12.8. The Hall–Kier alpha value is -1.94. The molecule has 3 N–H and O–H groups in total. The number of rotatable bonds is 83. The first kappa shape index (κ1) is 99.1. The second-order valence-corrected chi connectivity index (χ2v) is 32.4. The number of phosphoric acid groups is 2. The molecule has 0 aromatic carbocycles. The molecule has 0 aromatic heterocycles. The summed E-state index contributed by atoms with van der Waals surface area (Å²) in [5.74, 6) is -2.10. The van der Waals surface area contributed by atoms with Gasteiger partial charge in [-0.05, 0) is 25.7 Å². The number of carbonyl (C=O) groups excluding carboxylic acids is 4. The van der Waals surface area contributed by atoms with Gasteiger partial charge in [0.2, 0.25) is 0 Å². The lowest BCUT2D eigenvalue weighted by atomic mass is 10.0. The second kappa shape index (κ2) is 76.3. The number of aliphatic hydroxyl groups excluding tert-OH is 1. The zero-order chi connectivity index (χ0) is 73.9. The average molecular weight is 1480 g/mol. The average Bonchev–Trinajstić information content (AvgIpc) is 0.954. The van der Waals surface area contributed by atoms with Gasteiger partial charge in [0.05, 0.1) is 26.4 Å². The first-order valence-corrected chi connectivity index (χ1v) is 45.8. The van der Waals surface area contributed by atoms with Crippen molar-refractivity contribution in [1.82, 2.24) is 0 Å². The van der Waals surface area contributed by atoms with Crippen LogP contribution in [-0.2, 0) is 65.4 Å². The van der Waals surface area contributed by atoms with Crippen molar-refractivity contribution in [2.75, 3.05) is 39.6 Å². The van der Waals surface area contributed by atoms with E-state index in [9.17, 15) is 43.2 Å². The molecule has 0 saturated carbocycles. The molecule has 19 heteroatoms. The summed E-state index contributed by atoms with van der Waals surface area (Å²) in [4.78, 5) is 73.0. The number of phosphoric ester groups is 2. The third kappa shape index (κ3) is 76.1. The molecule has 5 atom stereocenters. The van der Waals surface area contributed by atoms with Crippen molar-refractivity contribution >= 4 is 39.5 Å². The Morgan fingerprint density at radius 3 is 0.584 bits per heavy atom. The summed E-state index contributed by atoms with van der Waals surface area (Å²) in [6, 6.07) is 0. The first-order chi connectivity index (χ1) is 49.2. The molecule has 0 amide bonds. The zero-order valence-electron chi connectivity index (χ0n) is 65.9. The summed E-state index contributed by atoms with van der Waals surface area (Å²) in [5, 5.41) is 10.6. The molecule has 0 spiro atoms. The third-order valence-electron chi connectivity index (χ3n) is 19.4. The van der Waals surface area contributed by atoms with Gasteiger partial charge in [-0.25, -0.2) is 9.13 Å². The number of aliphatic hydroxyl groups is 1. The van der Waals surface area contributed by atoms with Crippen LogP contribution in [0.5, 0.6) is 0 Å². The maximum absolute atomic E-state index is 13.1. The molecule has 0 aliphatic heterocycles. The molecule has 0 saturated heterocycles. The summed E-state index contributed by atoms with van der Waals surface area (Å²) in [5.41, 5.74) is 0. The van der Waals surface area contributed by atoms with E-state index >= 15 is 0 Å². The van der Waals surface area contributed by atoms with Gasteiger partial charge >= 0.3 is 39.5 Å². The van der Waals surface area contributed by atoms with E-state index < -0.39 is 97.5 Å². The minimum absolute atomic E-state index is 0.109. The van der Waals surface area contributed by atoms with Crippen LogP contribution < -0.4 is 0 Å². The molecule has 0 radical (unpaired) electrons. The smallest absolute Gasteiger partial charge is 0.462 e. The molecule has 0 fully saturated rings. The summed E-state index contributed by atoms with van der Waals surface area (Å²) in [7, 11) is -9.92. The number of ether oxygens (including phenoxy) is 4. The van der Waals surface area contributed by atoms with Crippen molar-refractivity contribution in [2.45, 2.75) is 463 Å². The SMILES string of the molecule is CCCCCCCCCCCCCCCCCCCCCCCCC(=O)O[C@H](COC(=O)CCCCCCCCCCCCCCCCCC)COP(=O)(O)OC[C@@H](O)COP(=O)(O)OC[C@@H](COC(=O)CCCCCCCCCCC)OC(=O)CCCCCCCCCCCCCCCC. The lowest BCUT2D eigenvalue weighted by Crippen LogP contribution is -2.30. The van der Waals surface area contributed by atoms with Gasteiger partial charge in [0.1, 0.15) is 19.3 Å². The molecule has 0 rings (SSSR count). The highest BCUT2D eigenvalue weighted by Crippen LogP contribution is 2.45. The standard InChI is InChI=1S/C82H160O17P2/c1-5-9-13-17-21-25-28-31-34-36-37-38-39-40-41-43-46-49-53-57-61-65-69-82(87)99-78(73-93-80(85)67-63-59-55-51-47-45-42-35-32-29-26-22-18-14-10-6-2)75-97-101(90,91)95-71-76(83)70-94-100(88,89)96-74-77(72-92-79(84)66-62-58-54-50-24-20-16-12-8-4)98-81(86)68-64-60-56-52-48-44-33-30-27-23-19-15-11-7-3/h76-78,83H,5-75H2,1-4H3,(H,88,89)(H,90,91)/t76-,77+,78+/m0/s1. The monoisotopic (exact) mass is 1480 g/mol. The van der Waals surface area contributed by atoms with Crippen molar-refractivity contribution in [1.29, 1.82) is 0 Å². The molecule has 600 valence electrons. The summed E-state index contributed by atoms with van der Waals surface area (Å²) in [6.07, 6.45) is 69.5. The highest BCUT2D eigenvalue weighted by molar-refractivity contribution is 7.47. The lowest BCUT2D eigenvalue weighted by Gasteiger charge is -2.21. The van der Waals surface area contributed by atoms with Crippen LogP contribution in [0.1, 0.15) is 445 Å². The topological polar surface area (TPSA) is 237 Å². The minimum atomic E-state index is -4.96. The Balaban J connectivity index is 5.19. The summed E-state index contributed by atoms with van der Waals surface area (Å²) >= 11 is 0. The van der Waals surface area contributed by atoms with Crippen LogP contribution in [0, 0.1) is 0 Å². The predicted octanol–water partition coefficient (Wildman–Crippen LogP) is 25.0. The molecule has 0 bridgehead atoms. The van der Waals surface area contributed by atoms with Gasteiger partial charge in [-0.2, -0.15) is 0 Å². The fraction of sp³-hybridized carbons (Fsp3) is 0.951. The van der Waals surface area contributed by atoms with E-state index in [2.05, 4.69) is 27.7 Å². The van der Waals surface area contributed by atoms with Crippen molar-refractivity contribution in [3.63, 3.8) is 0 Å². The second-order valence-electron chi connectivity index (χ2n) is 29.5. The number of carbonyl (C=O) groups is 4. The third-order valence-corrected chi connectivity index (χ3v) is 21.3. The van der Waals surface area contributed by atoms with Gasteiger partial charge in [-0.1, -0.05) is 394 Å². The van der Waals surface area contributed by atoms with E-state index in [0.29, 0.717) is 25.7 Å². The lowest BCUT2D eigenvalue weighted by molar-refractivity contribution is -0.161. The fourth-order valence-corrected chi connectivity index (χ4v) is 14.4. The van der Waals surface area contributed by atoms with Gasteiger partial charge < -0.3 is 33.8 Å². The highest BCUT2D eigenvalue weighted by atomic mass is 31.2. The van der Waals surface area contributed by atoms with Crippen LogP contribution >= 0.6 is 15.6 Å². The molecule has 17 nitrogen and oxygen atoms in total. The van der Waals surface area contributed by atoms with Crippen molar-refractivity contribution in [2.24, 2.45) is 0 Å². The number of unbranched alkanes of at least 4 members (excludes halogenated alkanes) is 57. The maximum Gasteiger partial charge on any atom is 0.472 e. The molecule has 0 heterocycles. The molecule has 0 aliphatic carbocycles. The predicted molar refractivity (Wildman–Crippen MR) is 414 cm³/mol. The molecule has 101 heavy (non-hydrogen) atoms. The Morgan fingerprint density at radius 2 is 0.396 bits per heavy atom. The van der Waals surface area contributed by atoms with E-state index in [1.165, 1.54) is 276 Å². The molecular weight excluding hydrogens is 1320 g/mol. The quantitative estimate of drug-likeness (QED) is 0.0222. The van der Waals surface area contributed by atoms with Gasteiger partial charge in [0.15, 0.2) is 12.2 Å². The number of hydrogen-bond donors (Lipinski definition) is 3. The van der Waals surface area contributed by atoms with Crippen LogP contribution in [0.25, 0.3) is 0 Å². The Kier molecular flexibility index (Phi) is 74.8. The summed E-state index contributed by atoms with van der Waals surface area (Å²) in [6.45, 7) is 5.02. The Morgan fingerprint density at radius 1 is 0.238 bits per heavy atom. The van der Waals surface area contributed by atoms with Crippen LogP contribution in [0.3, 0.4) is 0 Å². The minimum Gasteiger partial charge on any atom is -0.462 e. The molecular formula is C82H160O17P2. The largest absolute Gasteiger partial charge is 0.472 e. The van der Waals surface area contributed by atoms with Gasteiger partial charge in [-0.3, -0.25) is 37.3 Å². The van der Waals surface area contributed by atoms with Crippen LogP contribution in [0.4, 0.5) is 0 Å².